The van der Waals surface area contributed by atoms with Gasteiger partial charge in [-0.3, -0.25) is 4.79 Å². The van der Waals surface area contributed by atoms with Gasteiger partial charge in [-0.05, 0) is 42.5 Å². The summed E-state index contributed by atoms with van der Waals surface area (Å²) in [7, 11) is -3.73. The highest BCUT2D eigenvalue weighted by Crippen LogP contribution is 2.25. The number of esters is 1. The van der Waals surface area contributed by atoms with Crippen molar-refractivity contribution in [3.8, 4) is 5.75 Å². The number of carbonyl (C=O) groups excluding carboxylic acids is 2. The number of carbonyl (C=O) groups is 2. The summed E-state index contributed by atoms with van der Waals surface area (Å²) >= 11 is 12.1. The van der Waals surface area contributed by atoms with E-state index in [9.17, 15) is 18.0 Å². The van der Waals surface area contributed by atoms with E-state index in [1.165, 1.54) is 28.6 Å². The summed E-state index contributed by atoms with van der Waals surface area (Å²) in [5, 5.41) is 3.47. The Morgan fingerprint density at radius 3 is 2.50 bits per heavy atom. The number of nitrogens with zero attached hydrogens (tertiary/aromatic N) is 1. The average molecular weight is 579 g/mol. The van der Waals surface area contributed by atoms with E-state index in [0.717, 1.165) is 0 Å². The third-order valence-electron chi connectivity index (χ3n) is 5.57. The van der Waals surface area contributed by atoms with Gasteiger partial charge >= 0.3 is 5.97 Å². The summed E-state index contributed by atoms with van der Waals surface area (Å²) in [6.45, 7) is 0.662. The number of sulfonamides is 1. The Labute approximate surface area is 230 Å². The molecule has 0 unspecified atom stereocenters. The van der Waals surface area contributed by atoms with Gasteiger partial charge in [-0.1, -0.05) is 47.5 Å². The van der Waals surface area contributed by atoms with Gasteiger partial charge in [0.25, 0.3) is 5.91 Å². The lowest BCUT2D eigenvalue weighted by Gasteiger charge is -2.26. The van der Waals surface area contributed by atoms with Gasteiger partial charge in [0.2, 0.25) is 10.0 Å². The van der Waals surface area contributed by atoms with Crippen LogP contribution >= 0.6 is 23.2 Å². The second-order valence-corrected chi connectivity index (χ2v) is 11.0. The number of nitrogens with one attached hydrogen (secondary N) is 1. The zero-order valence-corrected chi connectivity index (χ0v) is 22.4. The average Bonchev–Trinajstić information content (AvgIpc) is 2.92. The van der Waals surface area contributed by atoms with E-state index in [4.69, 9.17) is 37.4 Å². The third-order valence-corrected chi connectivity index (χ3v) is 8.05. The Bertz CT molecular complexity index is 1430. The Morgan fingerprint density at radius 2 is 1.74 bits per heavy atom. The van der Waals surface area contributed by atoms with E-state index in [1.54, 1.807) is 42.5 Å². The van der Waals surface area contributed by atoms with E-state index in [0.29, 0.717) is 28.8 Å². The minimum atomic E-state index is -3.73. The smallest absolute Gasteiger partial charge is 0.342 e. The van der Waals surface area contributed by atoms with Gasteiger partial charge in [0, 0.05) is 34.4 Å². The minimum Gasteiger partial charge on any atom is -0.488 e. The van der Waals surface area contributed by atoms with Crippen LogP contribution in [0.1, 0.15) is 15.9 Å². The van der Waals surface area contributed by atoms with Crippen molar-refractivity contribution in [3.63, 3.8) is 0 Å². The number of morpholine rings is 1. The second-order valence-electron chi connectivity index (χ2n) is 8.19. The van der Waals surface area contributed by atoms with Gasteiger partial charge in [0.15, 0.2) is 6.61 Å². The Morgan fingerprint density at radius 1 is 0.974 bits per heavy atom. The van der Waals surface area contributed by atoms with E-state index in [1.807, 2.05) is 0 Å². The molecule has 1 amide bonds. The van der Waals surface area contributed by atoms with Crippen molar-refractivity contribution in [3.05, 3.63) is 87.9 Å². The molecular formula is C26H24Cl2N2O7S. The molecular weight excluding hydrogens is 555 g/mol. The molecule has 12 heteroatoms. The molecule has 3 aromatic carbocycles. The van der Waals surface area contributed by atoms with Gasteiger partial charge in [0.1, 0.15) is 17.9 Å². The topological polar surface area (TPSA) is 111 Å². The van der Waals surface area contributed by atoms with Crippen LogP contribution in [0.2, 0.25) is 10.0 Å². The number of halogens is 2. The van der Waals surface area contributed by atoms with Crippen molar-refractivity contribution >= 4 is 50.8 Å². The largest absolute Gasteiger partial charge is 0.488 e. The lowest BCUT2D eigenvalue weighted by atomic mass is 10.2. The minimum absolute atomic E-state index is 0.0426. The highest BCUT2D eigenvalue weighted by molar-refractivity contribution is 7.89. The van der Waals surface area contributed by atoms with Gasteiger partial charge in [-0.15, -0.1) is 0 Å². The van der Waals surface area contributed by atoms with Crippen molar-refractivity contribution < 1.29 is 32.2 Å². The number of rotatable bonds is 9. The lowest BCUT2D eigenvalue weighted by molar-refractivity contribution is -0.119. The van der Waals surface area contributed by atoms with E-state index in [-0.39, 0.29) is 41.6 Å². The number of hydrogen-bond donors (Lipinski definition) is 1. The van der Waals surface area contributed by atoms with Crippen molar-refractivity contribution in [2.75, 3.05) is 38.2 Å². The molecule has 0 aromatic heterocycles. The first-order valence-electron chi connectivity index (χ1n) is 11.5. The van der Waals surface area contributed by atoms with Crippen molar-refractivity contribution in [2.45, 2.75) is 11.5 Å². The molecule has 1 heterocycles. The van der Waals surface area contributed by atoms with Crippen LogP contribution in [0.4, 0.5) is 5.69 Å². The summed E-state index contributed by atoms with van der Waals surface area (Å²) in [4.78, 5) is 25.2. The van der Waals surface area contributed by atoms with Crippen LogP contribution in [0.3, 0.4) is 0 Å². The lowest BCUT2D eigenvalue weighted by Crippen LogP contribution is -2.40. The molecule has 0 radical (unpaired) electrons. The first-order chi connectivity index (χ1) is 18.2. The molecule has 0 atom stereocenters. The molecule has 38 heavy (non-hydrogen) atoms. The predicted molar refractivity (Wildman–Crippen MR) is 142 cm³/mol. The molecule has 0 aliphatic carbocycles. The van der Waals surface area contributed by atoms with E-state index >= 15 is 0 Å². The van der Waals surface area contributed by atoms with Crippen LogP contribution < -0.4 is 10.1 Å². The van der Waals surface area contributed by atoms with Crippen LogP contribution in [-0.4, -0.2) is 57.5 Å². The number of para-hydroxylation sites is 1. The molecule has 1 aliphatic heterocycles. The predicted octanol–water partition coefficient (Wildman–Crippen LogP) is 4.39. The zero-order chi connectivity index (χ0) is 27.1. The first-order valence-corrected chi connectivity index (χ1v) is 13.7. The summed E-state index contributed by atoms with van der Waals surface area (Å²) < 4.78 is 43.2. The van der Waals surface area contributed by atoms with Gasteiger partial charge < -0.3 is 19.5 Å². The van der Waals surface area contributed by atoms with Crippen molar-refractivity contribution in [1.29, 1.82) is 0 Å². The van der Waals surface area contributed by atoms with E-state index < -0.39 is 28.5 Å². The fraction of sp³-hybridized carbons (Fsp3) is 0.231. The van der Waals surface area contributed by atoms with Crippen LogP contribution in [-0.2, 0) is 30.9 Å². The number of anilines is 1. The molecule has 0 bridgehead atoms. The monoisotopic (exact) mass is 578 g/mol. The fourth-order valence-electron chi connectivity index (χ4n) is 3.63. The first kappa shape index (κ1) is 27.9. The summed E-state index contributed by atoms with van der Waals surface area (Å²) in [5.41, 5.74) is 1.06. The molecule has 1 N–H and O–H groups in total. The highest BCUT2D eigenvalue weighted by Gasteiger charge is 2.26. The maximum absolute atomic E-state index is 12.9. The van der Waals surface area contributed by atoms with Crippen LogP contribution in [0.25, 0.3) is 0 Å². The van der Waals surface area contributed by atoms with Crippen LogP contribution in [0.5, 0.6) is 5.75 Å². The summed E-state index contributed by atoms with van der Waals surface area (Å²) in [5.74, 6) is -1.14. The molecule has 3 aromatic rings. The number of hydrogen-bond acceptors (Lipinski definition) is 7. The second kappa shape index (κ2) is 12.6. The highest BCUT2D eigenvalue weighted by atomic mass is 35.5. The molecule has 1 fully saturated rings. The summed E-state index contributed by atoms with van der Waals surface area (Å²) in [6.07, 6.45) is 0. The van der Waals surface area contributed by atoms with Gasteiger partial charge in [-0.25, -0.2) is 13.2 Å². The quantitative estimate of drug-likeness (QED) is 0.375. The fourth-order valence-corrected chi connectivity index (χ4v) is 5.55. The molecule has 1 aliphatic rings. The Kier molecular flexibility index (Phi) is 9.24. The van der Waals surface area contributed by atoms with Gasteiger partial charge in [-0.2, -0.15) is 4.31 Å². The molecule has 0 spiro atoms. The zero-order valence-electron chi connectivity index (χ0n) is 20.1. The van der Waals surface area contributed by atoms with Crippen LogP contribution in [0, 0.1) is 0 Å². The molecule has 0 saturated carbocycles. The van der Waals surface area contributed by atoms with Crippen molar-refractivity contribution in [2.24, 2.45) is 0 Å². The van der Waals surface area contributed by atoms with E-state index in [2.05, 4.69) is 5.32 Å². The molecule has 4 rings (SSSR count). The molecule has 1 saturated heterocycles. The maximum atomic E-state index is 12.9. The molecule has 200 valence electrons. The Hall–Kier alpha value is -3.15. The number of ether oxygens (including phenoxy) is 3. The maximum Gasteiger partial charge on any atom is 0.342 e. The van der Waals surface area contributed by atoms with Crippen LogP contribution in [0.15, 0.2) is 71.6 Å². The van der Waals surface area contributed by atoms with Gasteiger partial charge in [0.05, 0.1) is 18.1 Å². The summed E-state index contributed by atoms with van der Waals surface area (Å²) in [6, 6.07) is 17.3. The Balaban J connectivity index is 1.35. The SMILES string of the molecule is O=C(COC(=O)c1ccccc1OCc1ccc(Cl)cc1Cl)Nc1cccc(S(=O)(=O)N2CCOCC2)c1. The molecule has 9 nitrogen and oxygen atoms in total. The van der Waals surface area contributed by atoms with Crippen molar-refractivity contribution in [1.82, 2.24) is 4.31 Å². The third kappa shape index (κ3) is 7.03. The normalized spacial score (nSPS) is 14.1. The number of amides is 1. The standard InChI is InChI=1S/C26H24Cl2N2O7S/c27-19-9-8-18(23(28)14-19)16-36-24-7-2-1-6-22(24)26(32)37-17-25(31)29-20-4-3-5-21(15-20)38(33,34)30-10-12-35-13-11-30/h1-9,14-15H,10-13,16-17H2,(H,29,31). The number of benzene rings is 3.